The monoisotopic (exact) mass is 409 g/mol. The van der Waals surface area contributed by atoms with Crippen molar-refractivity contribution >= 4 is 11.8 Å². The number of carbonyl (C=O) groups is 1. The molecule has 5 nitrogen and oxygen atoms in total. The summed E-state index contributed by atoms with van der Waals surface area (Å²) in [6, 6.07) is 8.41. The summed E-state index contributed by atoms with van der Waals surface area (Å²) >= 11 is 0. The summed E-state index contributed by atoms with van der Waals surface area (Å²) in [7, 11) is 0. The van der Waals surface area contributed by atoms with Crippen molar-refractivity contribution in [3.63, 3.8) is 0 Å². The fourth-order valence-electron chi connectivity index (χ4n) is 3.04. The lowest BCUT2D eigenvalue weighted by Crippen LogP contribution is -2.35. The Kier molecular flexibility index (Phi) is 5.38. The van der Waals surface area contributed by atoms with Crippen LogP contribution in [0.25, 0.3) is 0 Å². The van der Waals surface area contributed by atoms with Crippen LogP contribution in [0.15, 0.2) is 36.4 Å². The van der Waals surface area contributed by atoms with Gasteiger partial charge in [-0.05, 0) is 68.7 Å². The molecule has 1 aliphatic heterocycles. The molecule has 29 heavy (non-hydrogen) atoms. The van der Waals surface area contributed by atoms with Gasteiger partial charge < -0.3 is 14.6 Å². The van der Waals surface area contributed by atoms with Crippen LogP contribution in [0.4, 0.5) is 23.7 Å². The van der Waals surface area contributed by atoms with Gasteiger partial charge in [0.05, 0.1) is 11.3 Å². The average molecular weight is 409 g/mol. The molecule has 0 fully saturated rings. The molecule has 0 aliphatic carbocycles. The number of fused-ring (bicyclic) bond motifs is 1. The molecule has 156 valence electrons. The van der Waals surface area contributed by atoms with E-state index in [9.17, 15) is 23.1 Å². The van der Waals surface area contributed by atoms with Gasteiger partial charge in [-0.25, -0.2) is 4.79 Å². The first-order valence-electron chi connectivity index (χ1n) is 9.09. The minimum absolute atomic E-state index is 0.0854. The molecule has 2 aromatic carbocycles. The van der Waals surface area contributed by atoms with Gasteiger partial charge in [0.15, 0.2) is 0 Å². The number of anilines is 1. The molecule has 0 radical (unpaired) electrons. The van der Waals surface area contributed by atoms with Crippen LogP contribution in [-0.2, 0) is 23.9 Å². The normalized spacial score (nSPS) is 13.9. The van der Waals surface area contributed by atoms with Crippen LogP contribution in [0, 0.1) is 0 Å². The number of ether oxygens (including phenoxy) is 2. The van der Waals surface area contributed by atoms with Crippen LogP contribution in [-0.4, -0.2) is 23.3 Å². The Hall–Kier alpha value is -2.90. The fourth-order valence-corrected chi connectivity index (χ4v) is 3.04. The van der Waals surface area contributed by atoms with E-state index in [1.165, 1.54) is 6.07 Å². The highest BCUT2D eigenvalue weighted by Gasteiger charge is 2.34. The van der Waals surface area contributed by atoms with Crippen molar-refractivity contribution in [1.82, 2.24) is 0 Å². The highest BCUT2D eigenvalue weighted by Crippen LogP contribution is 2.36. The van der Waals surface area contributed by atoms with Gasteiger partial charge in [-0.2, -0.15) is 13.2 Å². The second-order valence-electron chi connectivity index (χ2n) is 7.81. The largest absolute Gasteiger partial charge is 0.507 e. The van der Waals surface area contributed by atoms with Crippen molar-refractivity contribution in [2.75, 3.05) is 11.4 Å². The van der Waals surface area contributed by atoms with Crippen molar-refractivity contribution in [1.29, 1.82) is 0 Å². The van der Waals surface area contributed by atoms with Crippen molar-refractivity contribution in [3.05, 3.63) is 53.1 Å². The second-order valence-corrected chi connectivity index (χ2v) is 7.81. The van der Waals surface area contributed by atoms with E-state index in [1.54, 1.807) is 43.9 Å². The van der Waals surface area contributed by atoms with Gasteiger partial charge in [-0.1, -0.05) is 6.07 Å². The molecule has 1 amide bonds. The zero-order chi connectivity index (χ0) is 21.4. The maximum Gasteiger partial charge on any atom is 0.419 e. The van der Waals surface area contributed by atoms with E-state index in [0.717, 1.165) is 23.4 Å². The molecule has 0 atom stereocenters. The maximum absolute atomic E-state index is 12.9. The molecule has 1 aliphatic rings. The molecule has 0 aromatic heterocycles. The fraction of sp³-hybridized carbons (Fsp3) is 0.381. The number of hydrogen-bond acceptors (Lipinski definition) is 4. The zero-order valence-electron chi connectivity index (χ0n) is 16.3. The predicted molar refractivity (Wildman–Crippen MR) is 101 cm³/mol. The highest BCUT2D eigenvalue weighted by molar-refractivity contribution is 5.90. The minimum atomic E-state index is -4.64. The Morgan fingerprint density at radius 3 is 2.52 bits per heavy atom. The zero-order valence-corrected chi connectivity index (χ0v) is 16.3. The Bertz CT molecular complexity index is 919. The predicted octanol–water partition coefficient (Wildman–Crippen LogP) is 5.29. The third-order valence-electron chi connectivity index (χ3n) is 4.33. The van der Waals surface area contributed by atoms with Crippen LogP contribution in [0.2, 0.25) is 0 Å². The highest BCUT2D eigenvalue weighted by atomic mass is 19.4. The number of benzene rings is 2. The van der Waals surface area contributed by atoms with Crippen LogP contribution >= 0.6 is 0 Å². The number of rotatable bonds is 3. The second kappa shape index (κ2) is 7.50. The molecule has 0 unspecified atom stereocenters. The van der Waals surface area contributed by atoms with Crippen LogP contribution in [0.1, 0.15) is 37.5 Å². The molecule has 2 aromatic rings. The molecule has 8 heteroatoms. The number of phenolic OH excluding ortho intramolecular Hbond substituents is 1. The van der Waals surface area contributed by atoms with E-state index in [4.69, 9.17) is 9.47 Å². The van der Waals surface area contributed by atoms with Crippen molar-refractivity contribution < 1.29 is 32.5 Å². The summed E-state index contributed by atoms with van der Waals surface area (Å²) in [6.45, 7) is 5.80. The number of nitrogens with zero attached hydrogens (tertiary/aromatic N) is 1. The van der Waals surface area contributed by atoms with E-state index in [1.807, 2.05) is 0 Å². The molecule has 1 N–H and O–H groups in total. The van der Waals surface area contributed by atoms with Crippen LogP contribution < -0.4 is 9.64 Å². The molecule has 0 saturated heterocycles. The lowest BCUT2D eigenvalue weighted by atomic mass is 10.1. The van der Waals surface area contributed by atoms with Gasteiger partial charge >= 0.3 is 12.3 Å². The number of halogens is 3. The lowest BCUT2D eigenvalue weighted by molar-refractivity contribution is -0.138. The lowest BCUT2D eigenvalue weighted by Gasteiger charge is -2.24. The van der Waals surface area contributed by atoms with Crippen molar-refractivity contribution in [3.8, 4) is 11.5 Å². The summed E-state index contributed by atoms with van der Waals surface area (Å²) in [6.07, 6.45) is -4.43. The number of amides is 1. The Morgan fingerprint density at radius 2 is 1.86 bits per heavy atom. The molecule has 1 heterocycles. The van der Waals surface area contributed by atoms with Crippen molar-refractivity contribution in [2.24, 2.45) is 0 Å². The standard InChI is InChI=1S/C21H22F3NO4/c1-20(2,3)29-19(27)25-9-8-14-11-15(5-6-17(14)25)28-12-13-4-7-18(26)16(10-13)21(22,23)24/h4-7,10-11,26H,8-9,12H2,1-3H3. The summed E-state index contributed by atoms with van der Waals surface area (Å²) in [5.74, 6) is -0.336. The van der Waals surface area contributed by atoms with Gasteiger partial charge in [0.2, 0.25) is 0 Å². The van der Waals surface area contributed by atoms with Gasteiger partial charge in [0.1, 0.15) is 23.7 Å². The SMILES string of the molecule is CC(C)(C)OC(=O)N1CCc2cc(OCc3ccc(O)c(C(F)(F)F)c3)ccc21. The van der Waals surface area contributed by atoms with Gasteiger partial charge in [-0.15, -0.1) is 0 Å². The summed E-state index contributed by atoms with van der Waals surface area (Å²) < 4.78 is 49.7. The number of hydrogen-bond donors (Lipinski definition) is 1. The Labute approximate surface area is 166 Å². The molecule has 0 spiro atoms. The van der Waals surface area contributed by atoms with E-state index in [2.05, 4.69) is 0 Å². The van der Waals surface area contributed by atoms with Crippen LogP contribution in [0.3, 0.4) is 0 Å². The summed E-state index contributed by atoms with van der Waals surface area (Å²) in [4.78, 5) is 13.9. The molecular weight excluding hydrogens is 387 g/mol. The first kappa shape index (κ1) is 20.8. The Morgan fingerprint density at radius 1 is 1.14 bits per heavy atom. The minimum Gasteiger partial charge on any atom is -0.507 e. The summed E-state index contributed by atoms with van der Waals surface area (Å²) in [5, 5.41) is 9.40. The third kappa shape index (κ3) is 4.93. The number of alkyl halides is 3. The quantitative estimate of drug-likeness (QED) is 0.749. The molecule has 0 bridgehead atoms. The van der Waals surface area contributed by atoms with Gasteiger partial charge in [-0.3, -0.25) is 4.90 Å². The first-order chi connectivity index (χ1) is 13.4. The number of phenols is 1. The molecule has 0 saturated carbocycles. The molecule has 3 rings (SSSR count). The van der Waals surface area contributed by atoms with E-state index in [0.29, 0.717) is 18.7 Å². The van der Waals surface area contributed by atoms with Gasteiger partial charge in [0, 0.05) is 6.54 Å². The van der Waals surface area contributed by atoms with Crippen molar-refractivity contribution in [2.45, 2.75) is 45.6 Å². The maximum atomic E-state index is 12.9. The number of carbonyl (C=O) groups excluding carboxylic acids is 1. The molecular formula is C21H22F3NO4. The Balaban J connectivity index is 1.70. The van der Waals surface area contributed by atoms with Crippen LogP contribution in [0.5, 0.6) is 11.5 Å². The third-order valence-corrected chi connectivity index (χ3v) is 4.33. The smallest absolute Gasteiger partial charge is 0.419 e. The topological polar surface area (TPSA) is 59.0 Å². The van der Waals surface area contributed by atoms with Gasteiger partial charge in [0.25, 0.3) is 0 Å². The van der Waals surface area contributed by atoms with E-state index < -0.39 is 29.2 Å². The van der Waals surface area contributed by atoms with E-state index in [-0.39, 0.29) is 12.2 Å². The van der Waals surface area contributed by atoms with E-state index >= 15 is 0 Å². The first-order valence-corrected chi connectivity index (χ1v) is 9.09. The summed E-state index contributed by atoms with van der Waals surface area (Å²) in [5.41, 5.74) is 0.222. The number of aromatic hydroxyl groups is 1. The average Bonchev–Trinajstić information content (AvgIpc) is 3.02.